The van der Waals surface area contributed by atoms with Crippen molar-refractivity contribution in [2.24, 2.45) is 0 Å². The van der Waals surface area contributed by atoms with Crippen LogP contribution in [0.25, 0.3) is 0 Å². The number of carboxylic acid groups (broad SMARTS) is 1. The van der Waals surface area contributed by atoms with Crippen LogP contribution in [0, 0.1) is 6.92 Å². The van der Waals surface area contributed by atoms with Crippen molar-refractivity contribution in [2.75, 3.05) is 0 Å². The normalized spacial score (nSPS) is 11.8. The Hall–Kier alpha value is -1.36. The molecule has 1 aromatic rings. The Bertz CT molecular complexity index is 529. The summed E-state index contributed by atoms with van der Waals surface area (Å²) >= 11 is 0. The van der Waals surface area contributed by atoms with Crippen LogP contribution in [-0.2, 0) is 21.1 Å². The van der Waals surface area contributed by atoms with E-state index in [0.717, 1.165) is 5.56 Å². The number of aryl methyl sites for hydroxylation is 1. The van der Waals surface area contributed by atoms with E-state index in [9.17, 15) is 13.2 Å². The zero-order chi connectivity index (χ0) is 13.2. The number of sulfone groups is 1. The van der Waals surface area contributed by atoms with E-state index >= 15 is 0 Å². The maximum Gasteiger partial charge on any atom is 0.307 e. The van der Waals surface area contributed by atoms with Crippen molar-refractivity contribution in [3.05, 3.63) is 29.3 Å². The molecule has 94 valence electrons. The molecule has 0 aliphatic heterocycles. The molecule has 0 saturated carbocycles. The van der Waals surface area contributed by atoms with Gasteiger partial charge in [-0.1, -0.05) is 17.7 Å². The smallest absolute Gasteiger partial charge is 0.307 e. The zero-order valence-electron chi connectivity index (χ0n) is 10.1. The van der Waals surface area contributed by atoms with Gasteiger partial charge in [0.2, 0.25) is 0 Å². The Morgan fingerprint density at radius 1 is 1.35 bits per heavy atom. The fraction of sp³-hybridized carbons (Fsp3) is 0.417. The summed E-state index contributed by atoms with van der Waals surface area (Å²) in [5.41, 5.74) is 1.20. The van der Waals surface area contributed by atoms with Crippen LogP contribution in [0.2, 0.25) is 0 Å². The van der Waals surface area contributed by atoms with Crippen LogP contribution >= 0.6 is 0 Å². The summed E-state index contributed by atoms with van der Waals surface area (Å²) in [6, 6.07) is 4.78. The maximum absolute atomic E-state index is 12.1. The highest BCUT2D eigenvalue weighted by atomic mass is 32.2. The molecule has 0 fully saturated rings. The van der Waals surface area contributed by atoms with Gasteiger partial charge in [0.15, 0.2) is 9.84 Å². The number of carbonyl (C=O) groups is 1. The van der Waals surface area contributed by atoms with E-state index in [4.69, 9.17) is 5.11 Å². The molecule has 0 radical (unpaired) electrons. The molecule has 0 atom stereocenters. The fourth-order valence-electron chi connectivity index (χ4n) is 1.54. The van der Waals surface area contributed by atoms with Gasteiger partial charge in [0.25, 0.3) is 0 Å². The van der Waals surface area contributed by atoms with Crippen LogP contribution < -0.4 is 0 Å². The van der Waals surface area contributed by atoms with Crippen molar-refractivity contribution in [3.63, 3.8) is 0 Å². The molecule has 5 heteroatoms. The van der Waals surface area contributed by atoms with Crippen molar-refractivity contribution in [2.45, 2.75) is 37.3 Å². The molecule has 1 rings (SSSR count). The molecule has 0 heterocycles. The van der Waals surface area contributed by atoms with Crippen LogP contribution in [-0.4, -0.2) is 24.7 Å². The van der Waals surface area contributed by atoms with Crippen LogP contribution in [0.1, 0.15) is 25.0 Å². The summed E-state index contributed by atoms with van der Waals surface area (Å²) in [6.07, 6.45) is -0.275. The van der Waals surface area contributed by atoms with Crippen molar-refractivity contribution >= 4 is 15.8 Å². The predicted octanol–water partition coefficient (Wildman–Crippen LogP) is 1.80. The lowest BCUT2D eigenvalue weighted by molar-refractivity contribution is -0.136. The van der Waals surface area contributed by atoms with Gasteiger partial charge in [0.05, 0.1) is 16.6 Å². The number of aliphatic carboxylic acids is 1. The largest absolute Gasteiger partial charge is 0.481 e. The third-order valence-electron chi connectivity index (χ3n) is 2.48. The number of rotatable bonds is 4. The SMILES string of the molecule is Cc1ccc(S(=O)(=O)C(C)C)c(CC(=O)O)c1. The van der Waals surface area contributed by atoms with Gasteiger partial charge in [-0.2, -0.15) is 0 Å². The Balaban J connectivity index is 3.38. The molecule has 0 saturated heterocycles. The average Bonchev–Trinajstić information content (AvgIpc) is 2.15. The number of benzene rings is 1. The molecule has 0 amide bonds. The van der Waals surface area contributed by atoms with Gasteiger partial charge in [0.1, 0.15) is 0 Å². The lowest BCUT2D eigenvalue weighted by atomic mass is 10.1. The second kappa shape index (κ2) is 4.87. The first-order chi connectivity index (χ1) is 7.75. The van der Waals surface area contributed by atoms with Crippen molar-refractivity contribution < 1.29 is 18.3 Å². The molecular formula is C12H16O4S. The van der Waals surface area contributed by atoms with Crippen LogP contribution in [0.5, 0.6) is 0 Å². The summed E-state index contributed by atoms with van der Waals surface area (Å²) in [6.45, 7) is 4.97. The van der Waals surface area contributed by atoms with Crippen molar-refractivity contribution in [1.82, 2.24) is 0 Å². The van der Waals surface area contributed by atoms with E-state index in [1.807, 2.05) is 0 Å². The Kier molecular flexibility index (Phi) is 3.93. The Morgan fingerprint density at radius 2 is 1.94 bits per heavy atom. The average molecular weight is 256 g/mol. The minimum absolute atomic E-state index is 0.125. The second-order valence-corrected chi connectivity index (χ2v) is 6.75. The first-order valence-electron chi connectivity index (χ1n) is 5.30. The van der Waals surface area contributed by atoms with Crippen molar-refractivity contribution in [3.8, 4) is 0 Å². The molecule has 0 aromatic heterocycles. The molecule has 0 bridgehead atoms. The third kappa shape index (κ3) is 3.06. The molecule has 1 aromatic carbocycles. The summed E-state index contributed by atoms with van der Waals surface area (Å²) in [5.74, 6) is -1.03. The molecule has 4 nitrogen and oxygen atoms in total. The number of hydrogen-bond acceptors (Lipinski definition) is 3. The van der Waals surface area contributed by atoms with Crippen LogP contribution in [0.4, 0.5) is 0 Å². The summed E-state index contributed by atoms with van der Waals surface area (Å²) in [7, 11) is -3.43. The van der Waals surface area contributed by atoms with Gasteiger partial charge in [-0.15, -0.1) is 0 Å². The maximum atomic E-state index is 12.1. The predicted molar refractivity (Wildman–Crippen MR) is 64.8 cm³/mol. The Labute approximate surface area is 101 Å². The second-order valence-electron chi connectivity index (χ2n) is 4.28. The first-order valence-corrected chi connectivity index (χ1v) is 6.85. The van der Waals surface area contributed by atoms with Crippen LogP contribution in [0.3, 0.4) is 0 Å². The van der Waals surface area contributed by atoms with Gasteiger partial charge in [-0.3, -0.25) is 4.79 Å². The van der Waals surface area contributed by atoms with E-state index in [1.165, 1.54) is 6.07 Å². The standard InChI is InChI=1S/C12H16O4S/c1-8(2)17(15,16)11-5-4-9(3)6-10(11)7-12(13)14/h4-6,8H,7H2,1-3H3,(H,13,14). The van der Waals surface area contributed by atoms with E-state index in [2.05, 4.69) is 0 Å². The number of carboxylic acids is 1. The highest BCUT2D eigenvalue weighted by Gasteiger charge is 2.23. The number of hydrogen-bond donors (Lipinski definition) is 1. The summed E-state index contributed by atoms with van der Waals surface area (Å²) < 4.78 is 24.1. The third-order valence-corrected chi connectivity index (χ3v) is 4.74. The van der Waals surface area contributed by atoms with Crippen molar-refractivity contribution in [1.29, 1.82) is 0 Å². The molecule has 0 spiro atoms. The minimum atomic E-state index is -3.43. The monoisotopic (exact) mass is 256 g/mol. The Morgan fingerprint density at radius 3 is 2.41 bits per heavy atom. The molecule has 17 heavy (non-hydrogen) atoms. The quantitative estimate of drug-likeness (QED) is 0.891. The van der Waals surface area contributed by atoms with Crippen LogP contribution in [0.15, 0.2) is 23.1 Å². The lowest BCUT2D eigenvalue weighted by Gasteiger charge is -2.12. The minimum Gasteiger partial charge on any atom is -0.481 e. The molecule has 1 N–H and O–H groups in total. The van der Waals surface area contributed by atoms with Gasteiger partial charge in [-0.05, 0) is 32.4 Å². The van der Waals surface area contributed by atoms with Gasteiger partial charge in [0, 0.05) is 0 Å². The van der Waals surface area contributed by atoms with Gasteiger partial charge >= 0.3 is 5.97 Å². The molecular weight excluding hydrogens is 240 g/mol. The van der Waals surface area contributed by atoms with Gasteiger partial charge < -0.3 is 5.11 Å². The molecule has 0 unspecified atom stereocenters. The zero-order valence-corrected chi connectivity index (χ0v) is 10.9. The molecule has 0 aliphatic carbocycles. The van der Waals surface area contributed by atoms with E-state index < -0.39 is 21.1 Å². The van der Waals surface area contributed by atoms with E-state index in [-0.39, 0.29) is 11.3 Å². The lowest BCUT2D eigenvalue weighted by Crippen LogP contribution is -2.17. The fourth-order valence-corrected chi connectivity index (χ4v) is 2.80. The topological polar surface area (TPSA) is 71.4 Å². The van der Waals surface area contributed by atoms with Gasteiger partial charge in [-0.25, -0.2) is 8.42 Å². The van der Waals surface area contributed by atoms with E-state index in [0.29, 0.717) is 5.56 Å². The highest BCUT2D eigenvalue weighted by Crippen LogP contribution is 2.22. The van der Waals surface area contributed by atoms with E-state index in [1.54, 1.807) is 32.9 Å². The summed E-state index contributed by atoms with van der Waals surface area (Å²) in [4.78, 5) is 10.9. The first kappa shape index (κ1) is 13.7. The summed E-state index contributed by atoms with van der Waals surface area (Å²) in [5, 5.41) is 8.23. The highest BCUT2D eigenvalue weighted by molar-refractivity contribution is 7.92. The molecule has 0 aliphatic rings.